The largest absolute Gasteiger partial charge is 0.378 e. The van der Waals surface area contributed by atoms with Gasteiger partial charge in [-0.1, -0.05) is 24.3 Å². The smallest absolute Gasteiger partial charge is 0.142 e. The van der Waals surface area contributed by atoms with E-state index < -0.39 is 0 Å². The molecule has 0 aliphatic carbocycles. The third-order valence-electron chi connectivity index (χ3n) is 3.20. The van der Waals surface area contributed by atoms with E-state index in [0.29, 0.717) is 10.0 Å². The summed E-state index contributed by atoms with van der Waals surface area (Å²) in [5, 5.41) is 0. The Bertz CT molecular complexity index is 584. The van der Waals surface area contributed by atoms with Gasteiger partial charge >= 0.3 is 0 Å². The van der Waals surface area contributed by atoms with Crippen LogP contribution >= 0.6 is 15.9 Å². The molecule has 3 nitrogen and oxygen atoms in total. The maximum Gasteiger partial charge on any atom is 0.142 e. The first kappa shape index (κ1) is 15.0. The highest BCUT2D eigenvalue weighted by Gasteiger charge is 2.18. The fraction of sp³-hybridized carbons (Fsp3) is 0.200. The highest BCUT2D eigenvalue weighted by molar-refractivity contribution is 9.10. The Kier molecular flexibility index (Phi) is 4.75. The summed E-state index contributed by atoms with van der Waals surface area (Å²) in [6, 6.07) is 12.7. The minimum atomic E-state index is -0.385. The minimum absolute atomic E-state index is 0.299. The Morgan fingerprint density at radius 1 is 1.15 bits per heavy atom. The summed E-state index contributed by atoms with van der Waals surface area (Å²) in [7, 11) is 3.95. The first-order valence-corrected chi connectivity index (χ1v) is 7.01. The molecule has 0 fully saturated rings. The summed E-state index contributed by atoms with van der Waals surface area (Å²) in [6.45, 7) is 0. The van der Waals surface area contributed by atoms with Gasteiger partial charge in [-0.25, -0.2) is 9.82 Å². The van der Waals surface area contributed by atoms with E-state index in [9.17, 15) is 4.39 Å². The third-order valence-corrected chi connectivity index (χ3v) is 3.81. The second kappa shape index (κ2) is 6.35. The fourth-order valence-electron chi connectivity index (χ4n) is 2.07. The van der Waals surface area contributed by atoms with Crippen molar-refractivity contribution in [3.8, 4) is 0 Å². The zero-order chi connectivity index (χ0) is 14.7. The number of nitrogens with two attached hydrogens (primary N) is 1. The van der Waals surface area contributed by atoms with Crippen molar-refractivity contribution in [2.45, 2.75) is 6.04 Å². The van der Waals surface area contributed by atoms with Gasteiger partial charge in [0.1, 0.15) is 5.82 Å². The van der Waals surface area contributed by atoms with Gasteiger partial charge in [0.05, 0.1) is 10.5 Å². The van der Waals surface area contributed by atoms with Gasteiger partial charge in [0.2, 0.25) is 0 Å². The zero-order valence-corrected chi connectivity index (χ0v) is 13.0. The maximum atomic E-state index is 14.2. The predicted molar refractivity (Wildman–Crippen MR) is 84.0 cm³/mol. The predicted octanol–water partition coefficient (Wildman–Crippen LogP) is 3.21. The molecule has 1 atom stereocenters. The molecule has 0 heterocycles. The molecule has 0 aromatic heterocycles. The fourth-order valence-corrected chi connectivity index (χ4v) is 2.46. The van der Waals surface area contributed by atoms with Gasteiger partial charge in [0.25, 0.3) is 0 Å². The Labute approximate surface area is 126 Å². The molecule has 0 aliphatic heterocycles. The molecule has 0 amide bonds. The summed E-state index contributed by atoms with van der Waals surface area (Å²) in [6.07, 6.45) is 0. The lowest BCUT2D eigenvalue weighted by atomic mass is 9.98. The first-order chi connectivity index (χ1) is 9.54. The van der Waals surface area contributed by atoms with Crippen molar-refractivity contribution in [3.63, 3.8) is 0 Å². The van der Waals surface area contributed by atoms with E-state index >= 15 is 0 Å². The first-order valence-electron chi connectivity index (χ1n) is 6.22. The molecule has 1 unspecified atom stereocenters. The summed E-state index contributed by atoms with van der Waals surface area (Å²) >= 11 is 3.20. The quantitative estimate of drug-likeness (QED) is 0.664. The molecule has 0 bridgehead atoms. The number of hydrazine groups is 1. The number of nitrogens with zero attached hydrogens (tertiary/aromatic N) is 1. The van der Waals surface area contributed by atoms with Gasteiger partial charge in [-0.15, -0.1) is 0 Å². The lowest BCUT2D eigenvalue weighted by Gasteiger charge is -2.19. The number of nitrogens with one attached hydrogen (secondary N) is 1. The standard InChI is InChI=1S/C15H17BrFN3/c1-20(2)11-8-6-10(7-9-11)15(19-18)12-4-3-5-13(16)14(12)17/h3-9,15,19H,18H2,1-2H3. The van der Waals surface area contributed by atoms with Crippen LogP contribution in [0, 0.1) is 5.82 Å². The molecule has 0 radical (unpaired) electrons. The summed E-state index contributed by atoms with van der Waals surface area (Å²) in [5.74, 6) is 5.31. The van der Waals surface area contributed by atoms with Crippen molar-refractivity contribution >= 4 is 21.6 Å². The molecule has 2 aromatic carbocycles. The number of halogens is 2. The zero-order valence-electron chi connectivity index (χ0n) is 11.4. The van der Waals surface area contributed by atoms with Crippen LogP contribution in [0.1, 0.15) is 17.2 Å². The molecule has 0 spiro atoms. The second-order valence-electron chi connectivity index (χ2n) is 4.73. The number of hydrogen-bond donors (Lipinski definition) is 2. The lowest BCUT2D eigenvalue weighted by molar-refractivity contribution is 0.556. The van der Waals surface area contributed by atoms with Crippen LogP contribution in [0.15, 0.2) is 46.9 Å². The maximum absolute atomic E-state index is 14.2. The van der Waals surface area contributed by atoms with Crippen molar-refractivity contribution in [2.24, 2.45) is 5.84 Å². The molecular formula is C15H17BrFN3. The van der Waals surface area contributed by atoms with Gasteiger partial charge in [0.15, 0.2) is 0 Å². The number of hydrogen-bond acceptors (Lipinski definition) is 3. The van der Waals surface area contributed by atoms with E-state index in [4.69, 9.17) is 5.84 Å². The van der Waals surface area contributed by atoms with Crippen LogP contribution in [0.3, 0.4) is 0 Å². The average Bonchev–Trinajstić information content (AvgIpc) is 2.45. The molecule has 0 aliphatic rings. The molecular weight excluding hydrogens is 321 g/mol. The monoisotopic (exact) mass is 337 g/mol. The molecule has 2 aromatic rings. The number of benzene rings is 2. The van der Waals surface area contributed by atoms with Crippen LogP contribution < -0.4 is 16.2 Å². The second-order valence-corrected chi connectivity index (χ2v) is 5.58. The minimum Gasteiger partial charge on any atom is -0.378 e. The van der Waals surface area contributed by atoms with Crippen LogP contribution in [0.4, 0.5) is 10.1 Å². The molecule has 0 saturated heterocycles. The summed E-state index contributed by atoms with van der Waals surface area (Å²) in [5.41, 5.74) is 5.19. The highest BCUT2D eigenvalue weighted by Crippen LogP contribution is 2.28. The van der Waals surface area contributed by atoms with Crippen LogP contribution in [0.25, 0.3) is 0 Å². The van der Waals surface area contributed by atoms with Crippen molar-refractivity contribution in [3.05, 3.63) is 63.9 Å². The molecule has 0 saturated carbocycles. The average molecular weight is 338 g/mol. The van der Waals surface area contributed by atoms with Crippen LogP contribution in [-0.2, 0) is 0 Å². The van der Waals surface area contributed by atoms with Gasteiger partial charge < -0.3 is 4.90 Å². The van der Waals surface area contributed by atoms with Crippen molar-refractivity contribution in [2.75, 3.05) is 19.0 Å². The molecule has 106 valence electrons. The van der Waals surface area contributed by atoms with E-state index in [1.54, 1.807) is 18.2 Å². The van der Waals surface area contributed by atoms with Gasteiger partial charge in [0, 0.05) is 25.3 Å². The van der Waals surface area contributed by atoms with Crippen molar-refractivity contribution in [1.82, 2.24) is 5.43 Å². The molecule has 5 heteroatoms. The van der Waals surface area contributed by atoms with Gasteiger partial charge in [-0.05, 0) is 39.7 Å². The van der Waals surface area contributed by atoms with Crippen LogP contribution in [0.5, 0.6) is 0 Å². The molecule has 3 N–H and O–H groups in total. The molecule has 20 heavy (non-hydrogen) atoms. The Hall–Kier alpha value is -1.43. The Morgan fingerprint density at radius 2 is 1.80 bits per heavy atom. The van der Waals surface area contributed by atoms with Gasteiger partial charge in [-0.3, -0.25) is 5.84 Å². The Morgan fingerprint density at radius 3 is 2.35 bits per heavy atom. The van der Waals surface area contributed by atoms with Crippen LogP contribution in [0.2, 0.25) is 0 Å². The SMILES string of the molecule is CN(C)c1ccc(C(NN)c2cccc(Br)c2F)cc1. The van der Waals surface area contributed by atoms with E-state index in [1.165, 1.54) is 0 Å². The topological polar surface area (TPSA) is 41.3 Å². The summed E-state index contributed by atoms with van der Waals surface area (Å²) < 4.78 is 14.6. The van der Waals surface area contributed by atoms with E-state index in [0.717, 1.165) is 11.3 Å². The lowest BCUT2D eigenvalue weighted by Crippen LogP contribution is -2.29. The normalized spacial score (nSPS) is 12.2. The molecule has 2 rings (SSSR count). The van der Waals surface area contributed by atoms with Crippen LogP contribution in [-0.4, -0.2) is 14.1 Å². The Balaban J connectivity index is 2.39. The van der Waals surface area contributed by atoms with Crippen molar-refractivity contribution < 1.29 is 4.39 Å². The van der Waals surface area contributed by atoms with Crippen molar-refractivity contribution in [1.29, 1.82) is 0 Å². The number of rotatable bonds is 4. The summed E-state index contributed by atoms with van der Waals surface area (Å²) in [4.78, 5) is 2.01. The highest BCUT2D eigenvalue weighted by atomic mass is 79.9. The van der Waals surface area contributed by atoms with E-state index in [-0.39, 0.29) is 11.9 Å². The third kappa shape index (κ3) is 3.00. The van der Waals surface area contributed by atoms with Gasteiger partial charge in [-0.2, -0.15) is 0 Å². The van der Waals surface area contributed by atoms with E-state index in [1.807, 2.05) is 43.3 Å². The number of anilines is 1. The van der Waals surface area contributed by atoms with E-state index in [2.05, 4.69) is 21.4 Å².